The number of nitrogens with zero attached hydrogens (tertiary/aromatic N) is 3. The molecule has 6 rings (SSSR count). The Labute approximate surface area is 403 Å². The van der Waals surface area contributed by atoms with Crippen molar-refractivity contribution in [2.75, 3.05) is 57.9 Å². The van der Waals surface area contributed by atoms with Crippen molar-refractivity contribution in [2.24, 2.45) is 5.41 Å². The van der Waals surface area contributed by atoms with Crippen LogP contribution in [0.2, 0.25) is 0 Å². The Kier molecular flexibility index (Phi) is 19.1. The number of aromatic nitrogens is 2. The summed E-state index contributed by atoms with van der Waals surface area (Å²) in [7, 11) is 1.41. The third-order valence-electron chi connectivity index (χ3n) is 11.9. The lowest BCUT2D eigenvalue weighted by Gasteiger charge is -2.44. The zero-order valence-electron chi connectivity index (χ0n) is 40.7. The number of nitrogens with one attached hydrogen (secondary N) is 1. The summed E-state index contributed by atoms with van der Waals surface area (Å²) in [5.41, 5.74) is 3.56. The summed E-state index contributed by atoms with van der Waals surface area (Å²) in [5.74, 6) is 3.26. The van der Waals surface area contributed by atoms with Crippen LogP contribution in [-0.4, -0.2) is 102 Å². The molecule has 13 nitrogen and oxygen atoms in total. The Hall–Kier alpha value is -3.60. The van der Waals surface area contributed by atoms with Crippen molar-refractivity contribution in [2.45, 2.75) is 117 Å². The number of hydrogen-bond donors (Lipinski definition) is 1. The number of thioether (sulfide) groups is 1. The molecule has 1 aromatic heterocycles. The van der Waals surface area contributed by atoms with Gasteiger partial charge in [0.15, 0.2) is 27.9 Å². The van der Waals surface area contributed by atoms with Crippen molar-refractivity contribution in [3.63, 3.8) is 0 Å². The molecule has 67 heavy (non-hydrogen) atoms. The minimum Gasteiger partial charge on any atom is -0.497 e. The van der Waals surface area contributed by atoms with Crippen LogP contribution in [0, 0.1) is 16.7 Å². The molecule has 16 heteroatoms. The molecule has 364 valence electrons. The normalized spacial score (nSPS) is 19.9. The second kappa shape index (κ2) is 24.3. The second-order valence-electron chi connectivity index (χ2n) is 19.1. The molecule has 2 fully saturated rings. The van der Waals surface area contributed by atoms with Gasteiger partial charge in [-0.15, -0.1) is 0 Å². The van der Waals surface area contributed by atoms with Gasteiger partial charge in [0.05, 0.1) is 65.5 Å². The highest BCUT2D eigenvalue weighted by Gasteiger charge is 2.56. The summed E-state index contributed by atoms with van der Waals surface area (Å²) < 4.78 is 49.4. The van der Waals surface area contributed by atoms with E-state index in [9.17, 15) is 14.9 Å². The molecule has 3 heterocycles. The lowest BCUT2D eigenvalue weighted by Crippen LogP contribution is -2.46. The fourth-order valence-electron chi connectivity index (χ4n) is 8.56. The van der Waals surface area contributed by atoms with Crippen LogP contribution in [0.15, 0.2) is 88.6 Å². The Balaban J connectivity index is 1.36. The summed E-state index contributed by atoms with van der Waals surface area (Å²) in [5, 5.41) is 9.32. The molecular formula is C51H71N4O9P2S+. The second-order valence-corrected chi connectivity index (χ2v) is 26.8. The number of nitriles is 1. The monoisotopic (exact) mass is 977 g/mol. The Morgan fingerprint density at radius 1 is 0.896 bits per heavy atom. The highest BCUT2D eigenvalue weighted by molar-refractivity contribution is 8.28. The van der Waals surface area contributed by atoms with Crippen LogP contribution < -0.4 is 20.7 Å². The van der Waals surface area contributed by atoms with E-state index in [2.05, 4.69) is 107 Å². The van der Waals surface area contributed by atoms with Gasteiger partial charge in [0, 0.05) is 24.1 Å². The topological polar surface area (TPSA) is 146 Å². The SMILES string of the molecule is COc1ccc(-c2ccc(COC[C@H]3O[C@@H](n4ccc(=O)[nH]c4=O)[C@H](OCCSCC(C)(C)C)[C@@H]3O[P+]3(PN(C(C)C)C(C)(C)OCCC#N)CCCCC3)c(-c3ccc(OC)cc3)c2)cc1. The van der Waals surface area contributed by atoms with Gasteiger partial charge < -0.3 is 28.4 Å². The molecule has 2 aliphatic heterocycles. The van der Waals surface area contributed by atoms with Crippen LogP contribution in [-0.2, 0) is 30.1 Å². The number of hydrogen-bond acceptors (Lipinski definition) is 12. The predicted octanol–water partition coefficient (Wildman–Crippen LogP) is 10.6. The first-order valence-electron chi connectivity index (χ1n) is 23.3. The Morgan fingerprint density at radius 2 is 1.55 bits per heavy atom. The summed E-state index contributed by atoms with van der Waals surface area (Å²) in [6.07, 6.45) is 4.02. The molecule has 1 N–H and O–H groups in total. The van der Waals surface area contributed by atoms with Crippen molar-refractivity contribution in [3.05, 3.63) is 105 Å². The highest BCUT2D eigenvalue weighted by atomic mass is 32.2. The molecule has 1 unspecified atom stereocenters. The third-order valence-corrected chi connectivity index (χ3v) is 21.2. The van der Waals surface area contributed by atoms with E-state index in [0.29, 0.717) is 28.1 Å². The minimum absolute atomic E-state index is 0.132. The van der Waals surface area contributed by atoms with E-state index < -0.39 is 48.7 Å². The lowest BCUT2D eigenvalue weighted by atomic mass is 9.94. The smallest absolute Gasteiger partial charge is 0.330 e. The predicted molar refractivity (Wildman–Crippen MR) is 273 cm³/mol. The molecule has 0 bridgehead atoms. The summed E-state index contributed by atoms with van der Waals surface area (Å²) >= 11 is 1.83. The molecule has 0 spiro atoms. The van der Waals surface area contributed by atoms with Crippen molar-refractivity contribution >= 4 is 27.4 Å². The largest absolute Gasteiger partial charge is 0.497 e. The summed E-state index contributed by atoms with van der Waals surface area (Å²) in [6.45, 7) is 16.4. The van der Waals surface area contributed by atoms with Crippen LogP contribution in [0.4, 0.5) is 0 Å². The third kappa shape index (κ3) is 14.5. The van der Waals surface area contributed by atoms with Gasteiger partial charge in [0.2, 0.25) is 0 Å². The first kappa shape index (κ1) is 52.8. The number of methoxy groups -OCH3 is 2. The Morgan fingerprint density at radius 3 is 2.16 bits per heavy atom. The molecule has 0 radical (unpaired) electrons. The van der Waals surface area contributed by atoms with E-state index in [1.807, 2.05) is 36.0 Å². The molecule has 5 atom stereocenters. The van der Waals surface area contributed by atoms with Gasteiger partial charge in [-0.25, -0.2) is 14.0 Å². The van der Waals surface area contributed by atoms with Crippen molar-refractivity contribution in [1.29, 1.82) is 5.26 Å². The maximum absolute atomic E-state index is 13.6. The number of ether oxygens (including phenoxy) is 6. The van der Waals surface area contributed by atoms with E-state index in [1.54, 1.807) is 14.2 Å². The zero-order chi connectivity index (χ0) is 48.2. The first-order valence-corrected chi connectivity index (χ1v) is 28.4. The quantitative estimate of drug-likeness (QED) is 0.0429. The van der Waals surface area contributed by atoms with Crippen LogP contribution in [0.3, 0.4) is 0 Å². The lowest BCUT2D eigenvalue weighted by molar-refractivity contribution is -0.0978. The van der Waals surface area contributed by atoms with Crippen LogP contribution >= 0.6 is 27.4 Å². The molecule has 0 saturated carbocycles. The molecule has 2 saturated heterocycles. The molecule has 3 aromatic carbocycles. The molecule has 4 aromatic rings. The first-order chi connectivity index (χ1) is 32.0. The molecule has 0 amide bonds. The van der Waals surface area contributed by atoms with Gasteiger partial charge in [-0.1, -0.05) is 57.2 Å². The Bertz CT molecular complexity index is 2340. The minimum atomic E-state index is -2.22. The van der Waals surface area contributed by atoms with Crippen LogP contribution in [0.25, 0.3) is 22.3 Å². The van der Waals surface area contributed by atoms with Gasteiger partial charge in [0.1, 0.15) is 29.4 Å². The summed E-state index contributed by atoms with van der Waals surface area (Å²) in [4.78, 5) is 28.4. The summed E-state index contributed by atoms with van der Waals surface area (Å²) in [6, 6.07) is 26.1. The van der Waals surface area contributed by atoms with Crippen molar-refractivity contribution in [1.82, 2.24) is 14.2 Å². The van der Waals surface area contributed by atoms with E-state index in [-0.39, 0.29) is 24.7 Å². The fourth-order valence-corrected chi connectivity index (χ4v) is 18.0. The van der Waals surface area contributed by atoms with Gasteiger partial charge in [-0.2, -0.15) is 17.0 Å². The van der Waals surface area contributed by atoms with E-state index in [4.69, 9.17) is 32.9 Å². The fraction of sp³-hybridized carbons (Fsp3) is 0.549. The number of benzene rings is 3. The molecule has 0 aliphatic carbocycles. The van der Waals surface area contributed by atoms with E-state index >= 15 is 0 Å². The van der Waals surface area contributed by atoms with Crippen molar-refractivity contribution < 1.29 is 32.9 Å². The number of H-pyrrole nitrogens is 1. The van der Waals surface area contributed by atoms with E-state index in [1.165, 1.54) is 16.8 Å². The maximum atomic E-state index is 13.6. The van der Waals surface area contributed by atoms with Gasteiger partial charge in [-0.3, -0.25) is 14.3 Å². The molecule has 2 aliphatic rings. The van der Waals surface area contributed by atoms with Crippen LogP contribution in [0.5, 0.6) is 11.5 Å². The van der Waals surface area contributed by atoms with Crippen molar-refractivity contribution in [3.8, 4) is 39.8 Å². The standard InChI is InChI=1S/C51H70N4O9P2S/c1-36(2)55(51(6,7)62-27-13-25-52)65-66(29-11-10-12-30-66)64-46-44(63-48(54-26-24-45(56)53-49(54)57)47(46)61-28-31-67-35-50(3,4)5)34-60-33-40-15-14-39(37-16-20-41(58-8)21-17-37)32-43(40)38-18-22-42(59-9)23-19-38/h14-24,26,32,36,44,46-48,65H,10-13,27-31,33-35H2,1-9H3/p+1/t44-,46-,47-,48-/m1/s1. The van der Waals surface area contributed by atoms with E-state index in [0.717, 1.165) is 82.4 Å². The number of rotatable bonds is 23. The molecular weight excluding hydrogens is 907 g/mol. The maximum Gasteiger partial charge on any atom is 0.330 e. The zero-order valence-corrected chi connectivity index (χ0v) is 43.5. The van der Waals surface area contributed by atoms with Gasteiger partial charge >= 0.3 is 5.69 Å². The number of aromatic amines is 1. The van der Waals surface area contributed by atoms with Gasteiger partial charge in [0.25, 0.3) is 5.56 Å². The average Bonchev–Trinajstić information content (AvgIpc) is 3.63. The average molecular weight is 978 g/mol. The van der Waals surface area contributed by atoms with Crippen LogP contribution in [0.1, 0.15) is 85.9 Å². The van der Waals surface area contributed by atoms with Gasteiger partial charge in [-0.05, 0) is 116 Å². The highest BCUT2D eigenvalue weighted by Crippen LogP contribution is 2.80.